The summed E-state index contributed by atoms with van der Waals surface area (Å²) in [5.74, 6) is 1.40. The van der Waals surface area contributed by atoms with Crippen molar-refractivity contribution in [2.75, 3.05) is 19.8 Å². The lowest BCUT2D eigenvalue weighted by Gasteiger charge is -2.25. The standard InChI is InChI=1S/C18H29NO/c1-18(2,3)19-12-17(14-20-13-16-9-10-16)11-15-7-5-4-6-8-15/h4-8,16-17,19H,9-14H2,1-3H3. The third kappa shape index (κ3) is 6.53. The molecule has 1 aliphatic carbocycles. The van der Waals surface area contributed by atoms with Crippen LogP contribution in [0.1, 0.15) is 39.2 Å². The molecule has 1 aliphatic rings. The second-order valence-electron chi connectivity index (χ2n) is 7.17. The van der Waals surface area contributed by atoms with E-state index in [9.17, 15) is 0 Å². The first-order valence-electron chi connectivity index (χ1n) is 7.89. The molecule has 1 aromatic rings. The Morgan fingerprint density at radius 3 is 2.50 bits per heavy atom. The highest BCUT2D eigenvalue weighted by molar-refractivity contribution is 5.15. The third-order valence-electron chi connectivity index (χ3n) is 3.69. The molecule has 20 heavy (non-hydrogen) atoms. The SMILES string of the molecule is CC(C)(C)NCC(COCC1CC1)Cc1ccccc1. The van der Waals surface area contributed by atoms with E-state index in [0.29, 0.717) is 5.92 Å². The highest BCUT2D eigenvalue weighted by atomic mass is 16.5. The van der Waals surface area contributed by atoms with Gasteiger partial charge in [-0.2, -0.15) is 0 Å². The molecule has 0 amide bonds. The molecule has 0 spiro atoms. The van der Waals surface area contributed by atoms with E-state index in [2.05, 4.69) is 56.4 Å². The third-order valence-corrected chi connectivity index (χ3v) is 3.69. The summed E-state index contributed by atoms with van der Waals surface area (Å²) in [7, 11) is 0. The Balaban J connectivity index is 1.81. The van der Waals surface area contributed by atoms with Crippen LogP contribution in [-0.2, 0) is 11.2 Å². The molecule has 0 aromatic heterocycles. The highest BCUT2D eigenvalue weighted by Crippen LogP contribution is 2.29. The fourth-order valence-electron chi connectivity index (χ4n) is 2.27. The van der Waals surface area contributed by atoms with E-state index in [1.807, 2.05) is 0 Å². The summed E-state index contributed by atoms with van der Waals surface area (Å²) in [5, 5.41) is 3.62. The summed E-state index contributed by atoms with van der Waals surface area (Å²) in [4.78, 5) is 0. The van der Waals surface area contributed by atoms with Crippen LogP contribution in [0, 0.1) is 11.8 Å². The Kier molecular flexibility index (Phi) is 5.62. The molecule has 0 saturated heterocycles. The van der Waals surface area contributed by atoms with Gasteiger partial charge in [0.15, 0.2) is 0 Å². The van der Waals surface area contributed by atoms with Gasteiger partial charge in [-0.3, -0.25) is 0 Å². The Bertz CT molecular complexity index is 378. The number of rotatable bonds is 8. The van der Waals surface area contributed by atoms with Crippen LogP contribution in [0.15, 0.2) is 30.3 Å². The fourth-order valence-corrected chi connectivity index (χ4v) is 2.27. The molecule has 1 saturated carbocycles. The van der Waals surface area contributed by atoms with Crippen LogP contribution in [0.3, 0.4) is 0 Å². The van der Waals surface area contributed by atoms with E-state index in [4.69, 9.17) is 4.74 Å². The van der Waals surface area contributed by atoms with Crippen LogP contribution < -0.4 is 5.32 Å². The summed E-state index contributed by atoms with van der Waals surface area (Å²) in [6, 6.07) is 10.7. The monoisotopic (exact) mass is 275 g/mol. The Hall–Kier alpha value is -0.860. The van der Waals surface area contributed by atoms with Crippen molar-refractivity contribution in [3.63, 3.8) is 0 Å². The Morgan fingerprint density at radius 2 is 1.90 bits per heavy atom. The average Bonchev–Trinajstić information content (AvgIpc) is 3.20. The maximum absolute atomic E-state index is 5.92. The van der Waals surface area contributed by atoms with Crippen LogP contribution in [0.4, 0.5) is 0 Å². The molecule has 1 atom stereocenters. The van der Waals surface area contributed by atoms with E-state index in [1.165, 1.54) is 18.4 Å². The molecule has 0 bridgehead atoms. The summed E-state index contributed by atoms with van der Waals surface area (Å²) in [5.41, 5.74) is 1.58. The lowest BCUT2D eigenvalue weighted by molar-refractivity contribution is 0.0885. The van der Waals surface area contributed by atoms with Crippen molar-refractivity contribution in [2.45, 2.75) is 45.6 Å². The quantitative estimate of drug-likeness (QED) is 0.782. The molecular weight excluding hydrogens is 246 g/mol. The predicted molar refractivity (Wildman–Crippen MR) is 84.9 cm³/mol. The fraction of sp³-hybridized carbons (Fsp3) is 0.667. The molecule has 0 radical (unpaired) electrons. The number of hydrogen-bond acceptors (Lipinski definition) is 2. The summed E-state index contributed by atoms with van der Waals surface area (Å²) in [6.45, 7) is 9.51. The molecule has 2 rings (SSSR count). The first kappa shape index (κ1) is 15.5. The summed E-state index contributed by atoms with van der Waals surface area (Å²) < 4.78 is 5.92. The van der Waals surface area contributed by atoms with Crippen LogP contribution in [0.5, 0.6) is 0 Å². The first-order chi connectivity index (χ1) is 9.53. The van der Waals surface area contributed by atoms with Crippen molar-refractivity contribution in [3.05, 3.63) is 35.9 Å². The molecule has 1 N–H and O–H groups in total. The van der Waals surface area contributed by atoms with E-state index < -0.39 is 0 Å². The van der Waals surface area contributed by atoms with Gasteiger partial charge in [-0.1, -0.05) is 30.3 Å². The molecule has 0 heterocycles. The van der Waals surface area contributed by atoms with E-state index in [0.717, 1.165) is 32.1 Å². The van der Waals surface area contributed by atoms with Gasteiger partial charge in [-0.05, 0) is 57.4 Å². The van der Waals surface area contributed by atoms with Gasteiger partial charge >= 0.3 is 0 Å². The maximum Gasteiger partial charge on any atom is 0.0509 e. The minimum absolute atomic E-state index is 0.172. The van der Waals surface area contributed by atoms with Crippen molar-refractivity contribution in [1.82, 2.24) is 5.32 Å². The van der Waals surface area contributed by atoms with E-state index in [-0.39, 0.29) is 5.54 Å². The number of hydrogen-bond donors (Lipinski definition) is 1. The number of nitrogens with one attached hydrogen (secondary N) is 1. The topological polar surface area (TPSA) is 21.3 Å². The van der Waals surface area contributed by atoms with Crippen LogP contribution in [0.2, 0.25) is 0 Å². The van der Waals surface area contributed by atoms with Gasteiger partial charge in [-0.25, -0.2) is 0 Å². The normalized spacial score (nSPS) is 17.1. The average molecular weight is 275 g/mol. The zero-order valence-electron chi connectivity index (χ0n) is 13.2. The van der Waals surface area contributed by atoms with Gasteiger partial charge in [0, 0.05) is 18.7 Å². The van der Waals surface area contributed by atoms with Crippen molar-refractivity contribution in [3.8, 4) is 0 Å². The van der Waals surface area contributed by atoms with Crippen molar-refractivity contribution in [1.29, 1.82) is 0 Å². The smallest absolute Gasteiger partial charge is 0.0509 e. The Labute approximate surface area is 123 Å². The second kappa shape index (κ2) is 7.24. The highest BCUT2D eigenvalue weighted by Gasteiger charge is 2.22. The molecule has 1 aromatic carbocycles. The largest absolute Gasteiger partial charge is 0.381 e. The second-order valence-corrected chi connectivity index (χ2v) is 7.17. The molecule has 2 nitrogen and oxygen atoms in total. The zero-order valence-corrected chi connectivity index (χ0v) is 13.2. The minimum Gasteiger partial charge on any atom is -0.381 e. The van der Waals surface area contributed by atoms with Crippen molar-refractivity contribution in [2.24, 2.45) is 11.8 Å². The van der Waals surface area contributed by atoms with Crippen LogP contribution in [-0.4, -0.2) is 25.3 Å². The maximum atomic E-state index is 5.92. The predicted octanol–water partition coefficient (Wildman–Crippen LogP) is 3.66. The number of ether oxygens (including phenoxy) is 1. The van der Waals surface area contributed by atoms with Gasteiger partial charge in [0.25, 0.3) is 0 Å². The molecule has 112 valence electrons. The summed E-state index contributed by atoms with van der Waals surface area (Å²) >= 11 is 0. The molecule has 1 fully saturated rings. The van der Waals surface area contributed by atoms with Gasteiger partial charge in [0.2, 0.25) is 0 Å². The molecule has 1 unspecified atom stereocenters. The first-order valence-corrected chi connectivity index (χ1v) is 7.89. The molecular formula is C18H29NO. The zero-order chi connectivity index (χ0) is 14.4. The van der Waals surface area contributed by atoms with Gasteiger partial charge in [-0.15, -0.1) is 0 Å². The van der Waals surface area contributed by atoms with Gasteiger partial charge in [0.05, 0.1) is 6.61 Å². The van der Waals surface area contributed by atoms with Crippen LogP contribution in [0.25, 0.3) is 0 Å². The van der Waals surface area contributed by atoms with Crippen LogP contribution >= 0.6 is 0 Å². The molecule has 2 heteroatoms. The lowest BCUT2D eigenvalue weighted by Crippen LogP contribution is -2.40. The minimum atomic E-state index is 0.172. The van der Waals surface area contributed by atoms with Gasteiger partial charge < -0.3 is 10.1 Å². The van der Waals surface area contributed by atoms with Crippen molar-refractivity contribution < 1.29 is 4.74 Å². The van der Waals surface area contributed by atoms with Crippen molar-refractivity contribution >= 4 is 0 Å². The van der Waals surface area contributed by atoms with Gasteiger partial charge in [0.1, 0.15) is 0 Å². The van der Waals surface area contributed by atoms with E-state index >= 15 is 0 Å². The Morgan fingerprint density at radius 1 is 1.20 bits per heavy atom. The number of benzene rings is 1. The van der Waals surface area contributed by atoms with E-state index in [1.54, 1.807) is 0 Å². The lowest BCUT2D eigenvalue weighted by atomic mass is 9.98. The summed E-state index contributed by atoms with van der Waals surface area (Å²) in [6.07, 6.45) is 3.82. The molecule has 0 aliphatic heterocycles.